The highest BCUT2D eigenvalue weighted by Crippen LogP contribution is 2.25. The highest BCUT2D eigenvalue weighted by atomic mass is 32.1. The minimum atomic E-state index is 0.504. The van der Waals surface area contributed by atoms with E-state index in [2.05, 4.69) is 57.8 Å². The van der Waals surface area contributed by atoms with Crippen molar-refractivity contribution in [1.29, 1.82) is 0 Å². The van der Waals surface area contributed by atoms with Gasteiger partial charge in [-0.15, -0.1) is 11.3 Å². The largest absolute Gasteiger partial charge is 0.357 e. The van der Waals surface area contributed by atoms with Crippen LogP contribution in [0.15, 0.2) is 35.7 Å². The molecule has 2 heterocycles. The van der Waals surface area contributed by atoms with Crippen molar-refractivity contribution in [2.75, 3.05) is 11.9 Å². The van der Waals surface area contributed by atoms with Crippen molar-refractivity contribution in [2.24, 2.45) is 0 Å². The molecule has 2 atom stereocenters. The number of nitrogens with zero attached hydrogens (tertiary/aromatic N) is 2. The quantitative estimate of drug-likeness (QED) is 0.932. The summed E-state index contributed by atoms with van der Waals surface area (Å²) in [6.07, 6.45) is 1.19. The number of anilines is 1. The third-order valence-electron chi connectivity index (χ3n) is 4.04. The van der Waals surface area contributed by atoms with Gasteiger partial charge in [-0.05, 0) is 25.8 Å². The Balaban J connectivity index is 1.60. The second-order valence-corrected chi connectivity index (χ2v) is 6.39. The Hall–Kier alpha value is -1.39. The topological polar surface area (TPSA) is 28.2 Å². The van der Waals surface area contributed by atoms with Crippen LogP contribution in [0.5, 0.6) is 0 Å². The van der Waals surface area contributed by atoms with Gasteiger partial charge in [0.15, 0.2) is 5.13 Å². The summed E-state index contributed by atoms with van der Waals surface area (Å²) in [6, 6.07) is 11.8. The van der Waals surface area contributed by atoms with E-state index in [-0.39, 0.29) is 0 Å². The molecule has 106 valence electrons. The lowest BCUT2D eigenvalue weighted by atomic mass is 10.1. The second kappa shape index (κ2) is 5.94. The first-order valence-electron chi connectivity index (χ1n) is 7.19. The summed E-state index contributed by atoms with van der Waals surface area (Å²) in [5.74, 6) is 0. The molecule has 1 aliphatic heterocycles. The van der Waals surface area contributed by atoms with E-state index >= 15 is 0 Å². The minimum Gasteiger partial charge on any atom is -0.357 e. The third kappa shape index (κ3) is 3.02. The molecule has 1 aliphatic rings. The monoisotopic (exact) mass is 287 g/mol. The van der Waals surface area contributed by atoms with E-state index in [0.717, 1.165) is 23.9 Å². The molecule has 2 unspecified atom stereocenters. The minimum absolute atomic E-state index is 0.504. The first kappa shape index (κ1) is 13.6. The van der Waals surface area contributed by atoms with Crippen molar-refractivity contribution in [2.45, 2.75) is 38.9 Å². The van der Waals surface area contributed by atoms with Gasteiger partial charge in [-0.2, -0.15) is 0 Å². The molecule has 0 spiro atoms. The number of likely N-dealkylation sites (tertiary alicyclic amines) is 1. The molecular weight excluding hydrogens is 266 g/mol. The molecule has 4 heteroatoms. The van der Waals surface area contributed by atoms with Crippen LogP contribution in [0.1, 0.15) is 24.6 Å². The van der Waals surface area contributed by atoms with E-state index in [9.17, 15) is 0 Å². The maximum absolute atomic E-state index is 4.51. The van der Waals surface area contributed by atoms with Gasteiger partial charge in [0.05, 0.1) is 5.69 Å². The molecule has 0 amide bonds. The summed E-state index contributed by atoms with van der Waals surface area (Å²) in [7, 11) is 0. The molecule has 0 aliphatic carbocycles. The number of rotatable bonds is 4. The van der Waals surface area contributed by atoms with Crippen molar-refractivity contribution in [1.82, 2.24) is 9.88 Å². The Kier molecular flexibility index (Phi) is 4.03. The SMILES string of the molecule is Cc1csc(NC2CCN(Cc3ccccc3)C2C)n1. The molecule has 3 nitrogen and oxygen atoms in total. The predicted molar refractivity (Wildman–Crippen MR) is 85.2 cm³/mol. The summed E-state index contributed by atoms with van der Waals surface area (Å²) in [5.41, 5.74) is 2.49. The van der Waals surface area contributed by atoms with E-state index < -0.39 is 0 Å². The number of hydrogen-bond acceptors (Lipinski definition) is 4. The first-order valence-corrected chi connectivity index (χ1v) is 8.07. The zero-order valence-electron chi connectivity index (χ0n) is 12.0. The third-order valence-corrected chi connectivity index (χ3v) is 4.93. The van der Waals surface area contributed by atoms with Crippen molar-refractivity contribution >= 4 is 16.5 Å². The number of thiazole rings is 1. The lowest BCUT2D eigenvalue weighted by molar-refractivity contribution is 0.255. The lowest BCUT2D eigenvalue weighted by Crippen LogP contribution is -2.35. The fourth-order valence-corrected chi connectivity index (χ4v) is 3.57. The molecule has 0 saturated carbocycles. The van der Waals surface area contributed by atoms with Crippen molar-refractivity contribution in [3.8, 4) is 0 Å². The van der Waals surface area contributed by atoms with Crippen molar-refractivity contribution in [3.05, 3.63) is 47.0 Å². The van der Waals surface area contributed by atoms with Gasteiger partial charge in [0.25, 0.3) is 0 Å². The zero-order chi connectivity index (χ0) is 13.9. The maximum Gasteiger partial charge on any atom is 0.183 e. The number of aryl methyl sites for hydroxylation is 1. The average Bonchev–Trinajstić information content (AvgIpc) is 3.01. The molecule has 0 radical (unpaired) electrons. The van der Waals surface area contributed by atoms with Crippen LogP contribution >= 0.6 is 11.3 Å². The zero-order valence-corrected chi connectivity index (χ0v) is 12.9. The van der Waals surface area contributed by atoms with Crippen LogP contribution in [-0.4, -0.2) is 28.5 Å². The van der Waals surface area contributed by atoms with Crippen LogP contribution in [0.3, 0.4) is 0 Å². The molecule has 1 N–H and O–H groups in total. The van der Waals surface area contributed by atoms with Crippen molar-refractivity contribution in [3.63, 3.8) is 0 Å². The smallest absolute Gasteiger partial charge is 0.183 e. The van der Waals surface area contributed by atoms with Crippen LogP contribution in [0.4, 0.5) is 5.13 Å². The molecule has 2 aromatic rings. The van der Waals surface area contributed by atoms with Gasteiger partial charge in [-0.1, -0.05) is 30.3 Å². The fourth-order valence-electron chi connectivity index (χ4n) is 2.82. The molecule has 20 heavy (non-hydrogen) atoms. The molecular formula is C16H21N3S. The fraction of sp³-hybridized carbons (Fsp3) is 0.438. The Labute approximate surface area is 124 Å². The predicted octanol–water partition coefficient (Wildman–Crippen LogP) is 3.53. The average molecular weight is 287 g/mol. The first-order chi connectivity index (χ1) is 9.72. The summed E-state index contributed by atoms with van der Waals surface area (Å²) in [4.78, 5) is 7.06. The summed E-state index contributed by atoms with van der Waals surface area (Å²) >= 11 is 1.70. The molecule has 1 aromatic heterocycles. The van der Waals surface area contributed by atoms with Crippen LogP contribution in [-0.2, 0) is 6.54 Å². The maximum atomic E-state index is 4.51. The van der Waals surface area contributed by atoms with Gasteiger partial charge in [0.1, 0.15) is 0 Å². The highest BCUT2D eigenvalue weighted by molar-refractivity contribution is 7.13. The standard InChI is InChI=1S/C16H21N3S/c1-12-11-20-16(17-12)18-15-8-9-19(13(15)2)10-14-6-4-3-5-7-14/h3-7,11,13,15H,8-10H2,1-2H3,(H,17,18). The van der Waals surface area contributed by atoms with Gasteiger partial charge in [-0.3, -0.25) is 4.90 Å². The van der Waals surface area contributed by atoms with Crippen LogP contribution < -0.4 is 5.32 Å². The van der Waals surface area contributed by atoms with Gasteiger partial charge >= 0.3 is 0 Å². The van der Waals surface area contributed by atoms with Crippen molar-refractivity contribution < 1.29 is 0 Å². The van der Waals surface area contributed by atoms with Gasteiger partial charge in [0.2, 0.25) is 0 Å². The van der Waals surface area contributed by atoms with Gasteiger partial charge in [0, 0.05) is 30.6 Å². The summed E-state index contributed by atoms with van der Waals surface area (Å²) in [6.45, 7) is 6.55. The van der Waals surface area contributed by atoms with Crippen LogP contribution in [0, 0.1) is 6.92 Å². The van der Waals surface area contributed by atoms with E-state index in [1.165, 1.54) is 12.0 Å². The van der Waals surface area contributed by atoms with Gasteiger partial charge in [-0.25, -0.2) is 4.98 Å². The summed E-state index contributed by atoms with van der Waals surface area (Å²) in [5, 5.41) is 6.75. The van der Waals surface area contributed by atoms with E-state index in [1.807, 2.05) is 6.92 Å². The Morgan fingerprint density at radius 3 is 2.85 bits per heavy atom. The molecule has 1 fully saturated rings. The normalized spacial score (nSPS) is 23.1. The van der Waals surface area contributed by atoms with Gasteiger partial charge < -0.3 is 5.32 Å². The van der Waals surface area contributed by atoms with Crippen LogP contribution in [0.25, 0.3) is 0 Å². The van der Waals surface area contributed by atoms with E-state index in [4.69, 9.17) is 0 Å². The number of aromatic nitrogens is 1. The van der Waals surface area contributed by atoms with Crippen LogP contribution in [0.2, 0.25) is 0 Å². The highest BCUT2D eigenvalue weighted by Gasteiger charge is 2.30. The van der Waals surface area contributed by atoms with E-state index in [0.29, 0.717) is 12.1 Å². The van der Waals surface area contributed by atoms with E-state index in [1.54, 1.807) is 11.3 Å². The number of hydrogen-bond donors (Lipinski definition) is 1. The summed E-state index contributed by atoms with van der Waals surface area (Å²) < 4.78 is 0. The molecule has 3 rings (SSSR count). The number of nitrogens with one attached hydrogen (secondary N) is 1. The number of benzene rings is 1. The molecule has 1 saturated heterocycles. The lowest BCUT2D eigenvalue weighted by Gasteiger charge is -2.25. The Morgan fingerprint density at radius 1 is 1.35 bits per heavy atom. The molecule has 1 aromatic carbocycles. The second-order valence-electron chi connectivity index (χ2n) is 5.53. The Morgan fingerprint density at radius 2 is 2.15 bits per heavy atom. The Bertz CT molecular complexity index is 552. The molecule has 0 bridgehead atoms.